The fourth-order valence-electron chi connectivity index (χ4n) is 7.45. The number of carbonyl (C=O) groups excluding carboxylic acids is 1. The molecule has 3 fully saturated rings. The minimum atomic E-state index is -0.965. The van der Waals surface area contributed by atoms with Crippen molar-refractivity contribution in [2.24, 2.45) is 5.92 Å². The Morgan fingerprint density at radius 3 is 2.83 bits per heavy atom. The van der Waals surface area contributed by atoms with Gasteiger partial charge in [-0.1, -0.05) is 6.07 Å². The normalized spacial score (nSPS) is 33.0. The van der Waals surface area contributed by atoms with E-state index in [1.165, 1.54) is 18.4 Å². The molecule has 1 aromatic heterocycles. The smallest absolute Gasteiger partial charge is 0.230 e. The number of piperidine rings is 1. The van der Waals surface area contributed by atoms with Gasteiger partial charge in [-0.2, -0.15) is 0 Å². The van der Waals surface area contributed by atoms with E-state index in [1.807, 2.05) is 11.0 Å². The van der Waals surface area contributed by atoms with E-state index in [2.05, 4.69) is 20.9 Å². The molecule has 1 saturated carbocycles. The van der Waals surface area contributed by atoms with Gasteiger partial charge in [0, 0.05) is 37.1 Å². The molecule has 3 aliphatic heterocycles. The highest BCUT2D eigenvalue weighted by molar-refractivity contribution is 5.78. The summed E-state index contributed by atoms with van der Waals surface area (Å²) in [6.45, 7) is 2.96. The van der Waals surface area contributed by atoms with Crippen molar-refractivity contribution in [3.63, 3.8) is 0 Å². The number of hydrogen-bond acceptors (Lipinski definition) is 7. The topological polar surface area (TPSA) is 88.0 Å². The molecule has 35 heavy (non-hydrogen) atoms. The van der Waals surface area contributed by atoms with Gasteiger partial charge in [0.25, 0.3) is 0 Å². The molecule has 2 aromatic rings. The SMILES string of the molecule is COc1ccc2c3c1O[C@H]1CN(C(=O)Cc4ncccn4)CC[C@@]4(O)[C@@H](C2)N(CC2CC2)CC[C@]314. The summed E-state index contributed by atoms with van der Waals surface area (Å²) >= 11 is 0. The lowest BCUT2D eigenvalue weighted by atomic mass is 9.52. The third-order valence-electron chi connectivity index (χ3n) is 9.27. The van der Waals surface area contributed by atoms with Gasteiger partial charge in [-0.05, 0) is 62.3 Å². The Morgan fingerprint density at radius 2 is 2.06 bits per heavy atom. The molecule has 1 N–H and O–H groups in total. The van der Waals surface area contributed by atoms with Crippen molar-refractivity contribution in [3.05, 3.63) is 47.5 Å². The molecule has 2 saturated heterocycles. The molecule has 0 radical (unpaired) electrons. The van der Waals surface area contributed by atoms with Crippen molar-refractivity contribution < 1.29 is 19.4 Å². The van der Waals surface area contributed by atoms with E-state index in [0.29, 0.717) is 31.1 Å². The number of methoxy groups -OCH3 is 1. The number of rotatable bonds is 5. The van der Waals surface area contributed by atoms with Crippen molar-refractivity contribution in [2.75, 3.05) is 33.3 Å². The standard InChI is InChI=1S/C27H32N4O4/c1-34-19-6-5-18-13-20-27(33)8-12-31(23(32)14-22-28-9-2-10-29-22)16-21-26(27,24(18)25(19)35-21)7-11-30(20)15-17-3-4-17/h2,5-6,9-10,17,20-21,33H,3-4,7-8,11-16H2,1H3/t20-,21+,26-,27-/m1/s1. The van der Waals surface area contributed by atoms with Crippen molar-refractivity contribution in [2.45, 2.75) is 61.7 Å². The molecule has 7 rings (SSSR count). The van der Waals surface area contributed by atoms with E-state index in [-0.39, 0.29) is 24.5 Å². The number of carbonyl (C=O) groups is 1. The zero-order valence-corrected chi connectivity index (χ0v) is 20.2. The van der Waals surface area contributed by atoms with E-state index < -0.39 is 11.0 Å². The van der Waals surface area contributed by atoms with Crippen LogP contribution < -0.4 is 9.47 Å². The summed E-state index contributed by atoms with van der Waals surface area (Å²) in [5.74, 6) is 2.73. The van der Waals surface area contributed by atoms with E-state index in [4.69, 9.17) is 9.47 Å². The maximum absolute atomic E-state index is 13.4. The highest BCUT2D eigenvalue weighted by Gasteiger charge is 2.71. The molecule has 1 spiro atoms. The van der Waals surface area contributed by atoms with Crippen LogP contribution in [-0.4, -0.2) is 81.8 Å². The second-order valence-corrected chi connectivity index (χ2v) is 11.0. The molecule has 4 heterocycles. The van der Waals surface area contributed by atoms with Crippen LogP contribution in [0.15, 0.2) is 30.6 Å². The Bertz CT molecular complexity index is 1170. The Kier molecular flexibility index (Phi) is 4.71. The van der Waals surface area contributed by atoms with Crippen LogP contribution in [0.2, 0.25) is 0 Å². The van der Waals surface area contributed by atoms with Gasteiger partial charge < -0.3 is 19.5 Å². The fraction of sp³-hybridized carbons (Fsp3) is 0.593. The zero-order chi connectivity index (χ0) is 23.8. The molecule has 1 aromatic carbocycles. The van der Waals surface area contributed by atoms with Gasteiger partial charge in [0.2, 0.25) is 5.91 Å². The van der Waals surface area contributed by atoms with E-state index in [9.17, 15) is 9.90 Å². The zero-order valence-electron chi connectivity index (χ0n) is 20.2. The van der Waals surface area contributed by atoms with Crippen LogP contribution in [0.1, 0.15) is 42.6 Å². The van der Waals surface area contributed by atoms with E-state index in [1.54, 1.807) is 25.6 Å². The third-order valence-corrected chi connectivity index (χ3v) is 9.27. The molecule has 1 amide bonds. The second-order valence-electron chi connectivity index (χ2n) is 11.0. The summed E-state index contributed by atoms with van der Waals surface area (Å²) in [7, 11) is 1.67. The summed E-state index contributed by atoms with van der Waals surface area (Å²) in [6, 6.07) is 5.94. The molecule has 0 unspecified atom stereocenters. The molecule has 5 aliphatic rings. The molecule has 2 aliphatic carbocycles. The molecule has 4 atom stereocenters. The van der Waals surface area contributed by atoms with E-state index in [0.717, 1.165) is 43.2 Å². The predicted molar refractivity (Wildman–Crippen MR) is 127 cm³/mol. The summed E-state index contributed by atoms with van der Waals surface area (Å²) in [6.07, 6.45) is 7.92. The minimum absolute atomic E-state index is 0.0222. The molecule has 184 valence electrons. The van der Waals surface area contributed by atoms with Crippen molar-refractivity contribution in [1.82, 2.24) is 19.8 Å². The number of benzene rings is 1. The van der Waals surface area contributed by atoms with Crippen LogP contribution in [0, 0.1) is 5.92 Å². The number of hydrogen-bond donors (Lipinski definition) is 1. The Balaban J connectivity index is 1.30. The van der Waals surface area contributed by atoms with Crippen LogP contribution in [0.5, 0.6) is 11.5 Å². The van der Waals surface area contributed by atoms with Crippen molar-refractivity contribution >= 4 is 5.91 Å². The van der Waals surface area contributed by atoms with Gasteiger partial charge in [0.1, 0.15) is 11.9 Å². The number of amides is 1. The highest BCUT2D eigenvalue weighted by Crippen LogP contribution is 2.63. The van der Waals surface area contributed by atoms with Crippen LogP contribution in [0.3, 0.4) is 0 Å². The van der Waals surface area contributed by atoms with Gasteiger partial charge in [0.05, 0.1) is 31.1 Å². The second kappa shape index (κ2) is 7.64. The van der Waals surface area contributed by atoms with Gasteiger partial charge in [-0.25, -0.2) is 9.97 Å². The van der Waals surface area contributed by atoms with Crippen LogP contribution in [-0.2, 0) is 23.1 Å². The lowest BCUT2D eigenvalue weighted by Crippen LogP contribution is -2.74. The summed E-state index contributed by atoms with van der Waals surface area (Å²) < 4.78 is 12.4. The first-order valence-electron chi connectivity index (χ1n) is 12.9. The van der Waals surface area contributed by atoms with Gasteiger partial charge in [-0.3, -0.25) is 9.69 Å². The number of aromatic nitrogens is 2. The first-order valence-corrected chi connectivity index (χ1v) is 12.9. The number of aliphatic hydroxyl groups is 1. The lowest BCUT2D eigenvalue weighted by molar-refractivity contribution is -0.162. The Hall–Kier alpha value is -2.71. The quantitative estimate of drug-likeness (QED) is 0.703. The summed E-state index contributed by atoms with van der Waals surface area (Å²) in [5, 5.41) is 12.7. The molecule has 2 bridgehead atoms. The van der Waals surface area contributed by atoms with Crippen molar-refractivity contribution in [1.29, 1.82) is 0 Å². The van der Waals surface area contributed by atoms with Gasteiger partial charge >= 0.3 is 0 Å². The lowest BCUT2D eigenvalue weighted by Gasteiger charge is -2.60. The predicted octanol–water partition coefficient (Wildman–Crippen LogP) is 1.73. The van der Waals surface area contributed by atoms with Gasteiger partial charge in [-0.15, -0.1) is 0 Å². The highest BCUT2D eigenvalue weighted by atomic mass is 16.5. The number of likely N-dealkylation sites (tertiary alicyclic amines) is 2. The Labute approximate surface area is 205 Å². The molecule has 8 heteroatoms. The molecular weight excluding hydrogens is 444 g/mol. The minimum Gasteiger partial charge on any atom is -0.493 e. The van der Waals surface area contributed by atoms with Crippen molar-refractivity contribution in [3.8, 4) is 11.5 Å². The molecular formula is C27H32N4O4. The average Bonchev–Trinajstić information content (AvgIpc) is 3.63. The van der Waals surface area contributed by atoms with Gasteiger partial charge in [0.15, 0.2) is 11.5 Å². The summed E-state index contributed by atoms with van der Waals surface area (Å²) in [4.78, 5) is 26.3. The van der Waals surface area contributed by atoms with Crippen LogP contribution >= 0.6 is 0 Å². The van der Waals surface area contributed by atoms with E-state index >= 15 is 0 Å². The fourth-order valence-corrected chi connectivity index (χ4v) is 7.45. The largest absolute Gasteiger partial charge is 0.493 e. The maximum Gasteiger partial charge on any atom is 0.230 e. The maximum atomic E-state index is 13.4. The number of ether oxygens (including phenoxy) is 2. The number of nitrogens with zero attached hydrogens (tertiary/aromatic N) is 4. The van der Waals surface area contributed by atoms with Crippen LogP contribution in [0.4, 0.5) is 0 Å². The monoisotopic (exact) mass is 476 g/mol. The summed E-state index contributed by atoms with van der Waals surface area (Å²) in [5.41, 5.74) is 0.893. The first kappa shape index (κ1) is 21.6. The Morgan fingerprint density at radius 1 is 1.23 bits per heavy atom. The van der Waals surface area contributed by atoms with Crippen LogP contribution in [0.25, 0.3) is 0 Å². The average molecular weight is 477 g/mol. The first-order chi connectivity index (χ1) is 17.0. The molecule has 8 nitrogen and oxygen atoms in total. The third kappa shape index (κ3) is 3.02.